The second-order valence-electron chi connectivity index (χ2n) is 4.98. The van der Waals surface area contributed by atoms with Gasteiger partial charge in [0.15, 0.2) is 5.82 Å². The summed E-state index contributed by atoms with van der Waals surface area (Å²) in [4.78, 5) is 10.7. The smallest absolute Gasteiger partial charge is 0.252 e. The monoisotopic (exact) mass is 283 g/mol. The van der Waals surface area contributed by atoms with Crippen molar-refractivity contribution < 1.29 is 4.74 Å². The van der Waals surface area contributed by atoms with Crippen LogP contribution in [0.15, 0.2) is 42.7 Å². The van der Waals surface area contributed by atoms with Gasteiger partial charge in [-0.25, -0.2) is 9.50 Å². The fraction of sp³-hybridized carbons (Fsp3) is 0.267. The van der Waals surface area contributed by atoms with E-state index in [4.69, 9.17) is 4.74 Å². The van der Waals surface area contributed by atoms with Gasteiger partial charge in [-0.3, -0.25) is 0 Å². The first-order valence-electron chi connectivity index (χ1n) is 6.78. The van der Waals surface area contributed by atoms with Crippen LogP contribution in [0.4, 0.5) is 0 Å². The largest absolute Gasteiger partial charge is 0.492 e. The van der Waals surface area contributed by atoms with E-state index in [2.05, 4.69) is 20.0 Å². The van der Waals surface area contributed by atoms with Crippen LogP contribution in [0.25, 0.3) is 17.2 Å². The van der Waals surface area contributed by atoms with Crippen LogP contribution in [0.1, 0.15) is 0 Å². The summed E-state index contributed by atoms with van der Waals surface area (Å²) in [5.41, 5.74) is 0.919. The second-order valence-corrected chi connectivity index (χ2v) is 4.98. The van der Waals surface area contributed by atoms with Crippen LogP contribution >= 0.6 is 0 Å². The van der Waals surface area contributed by atoms with E-state index in [1.165, 1.54) is 0 Å². The number of benzene rings is 1. The van der Waals surface area contributed by atoms with Gasteiger partial charge in [0.2, 0.25) is 0 Å². The molecule has 0 atom stereocenters. The molecule has 3 aromatic rings. The molecule has 0 amide bonds. The molecule has 3 rings (SSSR count). The lowest BCUT2D eigenvalue weighted by Crippen LogP contribution is -2.19. The molecule has 108 valence electrons. The Bertz CT molecular complexity index is 705. The molecule has 21 heavy (non-hydrogen) atoms. The van der Waals surface area contributed by atoms with Gasteiger partial charge in [0, 0.05) is 24.5 Å². The molecule has 2 aromatic heterocycles. The van der Waals surface area contributed by atoms with E-state index >= 15 is 0 Å². The fourth-order valence-electron chi connectivity index (χ4n) is 1.93. The minimum absolute atomic E-state index is 0.589. The average Bonchev–Trinajstić information content (AvgIpc) is 2.91. The summed E-state index contributed by atoms with van der Waals surface area (Å²) in [6.07, 6.45) is 3.53. The zero-order valence-corrected chi connectivity index (χ0v) is 12.1. The Balaban J connectivity index is 1.81. The van der Waals surface area contributed by atoms with Crippen LogP contribution in [-0.4, -0.2) is 51.7 Å². The zero-order valence-electron chi connectivity index (χ0n) is 12.1. The third kappa shape index (κ3) is 3.17. The molecule has 0 aliphatic rings. The lowest BCUT2D eigenvalue weighted by molar-refractivity contribution is 0.261. The Morgan fingerprint density at radius 3 is 2.95 bits per heavy atom. The van der Waals surface area contributed by atoms with Crippen molar-refractivity contribution in [2.75, 3.05) is 27.2 Å². The summed E-state index contributed by atoms with van der Waals surface area (Å²) in [7, 11) is 4.04. The first-order valence-corrected chi connectivity index (χ1v) is 6.78. The van der Waals surface area contributed by atoms with Gasteiger partial charge in [-0.2, -0.15) is 4.98 Å². The van der Waals surface area contributed by atoms with Crippen molar-refractivity contribution in [3.8, 4) is 17.1 Å². The average molecular weight is 283 g/mol. The number of hydrogen-bond donors (Lipinski definition) is 0. The Morgan fingerprint density at radius 1 is 1.24 bits per heavy atom. The van der Waals surface area contributed by atoms with Crippen molar-refractivity contribution >= 4 is 5.78 Å². The predicted molar refractivity (Wildman–Crippen MR) is 80.3 cm³/mol. The van der Waals surface area contributed by atoms with Crippen LogP contribution < -0.4 is 4.74 Å². The highest BCUT2D eigenvalue weighted by Crippen LogP contribution is 2.21. The van der Waals surface area contributed by atoms with Crippen LogP contribution in [0.2, 0.25) is 0 Å². The first kappa shape index (κ1) is 13.5. The lowest BCUT2D eigenvalue weighted by Gasteiger charge is -2.11. The Morgan fingerprint density at radius 2 is 2.14 bits per heavy atom. The number of aromatic nitrogens is 4. The summed E-state index contributed by atoms with van der Waals surface area (Å²) in [6.45, 7) is 1.53. The van der Waals surface area contributed by atoms with Crippen molar-refractivity contribution in [3.05, 3.63) is 42.7 Å². The van der Waals surface area contributed by atoms with Crippen molar-refractivity contribution in [2.45, 2.75) is 0 Å². The summed E-state index contributed by atoms with van der Waals surface area (Å²) in [5.74, 6) is 2.05. The van der Waals surface area contributed by atoms with Crippen molar-refractivity contribution in [2.24, 2.45) is 0 Å². The number of rotatable bonds is 5. The molecule has 0 aliphatic carbocycles. The molecule has 0 N–H and O–H groups in total. The van der Waals surface area contributed by atoms with Gasteiger partial charge in [0.25, 0.3) is 5.78 Å². The number of fused-ring (bicyclic) bond motifs is 1. The fourth-order valence-corrected chi connectivity index (χ4v) is 1.93. The Kier molecular flexibility index (Phi) is 3.79. The van der Waals surface area contributed by atoms with E-state index in [1.54, 1.807) is 10.7 Å². The van der Waals surface area contributed by atoms with E-state index in [0.717, 1.165) is 17.9 Å². The summed E-state index contributed by atoms with van der Waals surface area (Å²) < 4.78 is 7.40. The summed E-state index contributed by atoms with van der Waals surface area (Å²) >= 11 is 0. The molecule has 0 radical (unpaired) electrons. The molecule has 6 heteroatoms. The molecular weight excluding hydrogens is 266 g/mol. The SMILES string of the molecule is CN(C)CCOc1cccc(-c2nc3ncccn3n2)c1. The molecular formula is C15H17N5O. The van der Waals surface area contributed by atoms with E-state index in [1.807, 2.05) is 50.6 Å². The molecule has 6 nitrogen and oxygen atoms in total. The topological polar surface area (TPSA) is 55.5 Å². The lowest BCUT2D eigenvalue weighted by atomic mass is 10.2. The Labute approximate surface area is 123 Å². The maximum Gasteiger partial charge on any atom is 0.252 e. The Hall–Kier alpha value is -2.47. The minimum atomic E-state index is 0.589. The van der Waals surface area contributed by atoms with Gasteiger partial charge < -0.3 is 9.64 Å². The predicted octanol–water partition coefficient (Wildman–Crippen LogP) is 1.73. The highest BCUT2D eigenvalue weighted by atomic mass is 16.5. The van der Waals surface area contributed by atoms with Crippen LogP contribution in [0.3, 0.4) is 0 Å². The van der Waals surface area contributed by atoms with Gasteiger partial charge in [0.05, 0.1) is 0 Å². The summed E-state index contributed by atoms with van der Waals surface area (Å²) in [5, 5.41) is 4.41. The van der Waals surface area contributed by atoms with Gasteiger partial charge in [-0.15, -0.1) is 5.10 Å². The number of likely N-dealkylation sites (N-methyl/N-ethyl adjacent to an activating group) is 1. The van der Waals surface area contributed by atoms with Gasteiger partial charge in [-0.1, -0.05) is 12.1 Å². The van der Waals surface area contributed by atoms with E-state index < -0.39 is 0 Å². The number of hydrogen-bond acceptors (Lipinski definition) is 5. The minimum Gasteiger partial charge on any atom is -0.492 e. The second kappa shape index (κ2) is 5.88. The molecule has 2 heterocycles. The molecule has 0 saturated heterocycles. The molecule has 1 aromatic carbocycles. The zero-order chi connectivity index (χ0) is 14.7. The van der Waals surface area contributed by atoms with Gasteiger partial charge in [0.1, 0.15) is 12.4 Å². The van der Waals surface area contributed by atoms with E-state index in [-0.39, 0.29) is 0 Å². The van der Waals surface area contributed by atoms with Gasteiger partial charge >= 0.3 is 0 Å². The summed E-state index contributed by atoms with van der Waals surface area (Å²) in [6, 6.07) is 9.62. The van der Waals surface area contributed by atoms with Crippen LogP contribution in [0, 0.1) is 0 Å². The molecule has 0 spiro atoms. The van der Waals surface area contributed by atoms with Crippen molar-refractivity contribution in [1.29, 1.82) is 0 Å². The quantitative estimate of drug-likeness (QED) is 0.714. The molecule has 0 fully saturated rings. The standard InChI is InChI=1S/C15H17N5O/c1-19(2)9-10-21-13-6-3-5-12(11-13)14-17-15-16-7-4-8-20(15)18-14/h3-8,11H,9-10H2,1-2H3. The van der Waals surface area contributed by atoms with Gasteiger partial charge in [-0.05, 0) is 32.3 Å². The molecule has 0 unspecified atom stereocenters. The van der Waals surface area contributed by atoms with E-state index in [9.17, 15) is 0 Å². The van der Waals surface area contributed by atoms with Crippen LogP contribution in [-0.2, 0) is 0 Å². The molecule has 0 saturated carbocycles. The third-order valence-electron chi connectivity index (χ3n) is 3.02. The normalized spacial score (nSPS) is 11.2. The highest BCUT2D eigenvalue weighted by Gasteiger charge is 2.07. The van der Waals surface area contributed by atoms with Crippen molar-refractivity contribution in [3.63, 3.8) is 0 Å². The highest BCUT2D eigenvalue weighted by molar-refractivity contribution is 5.59. The molecule has 0 aliphatic heterocycles. The number of ether oxygens (including phenoxy) is 1. The maximum atomic E-state index is 5.73. The number of nitrogens with zero attached hydrogens (tertiary/aromatic N) is 5. The third-order valence-corrected chi connectivity index (χ3v) is 3.02. The first-order chi connectivity index (χ1) is 10.2. The van der Waals surface area contributed by atoms with Crippen LogP contribution in [0.5, 0.6) is 5.75 Å². The van der Waals surface area contributed by atoms with E-state index in [0.29, 0.717) is 18.2 Å². The van der Waals surface area contributed by atoms with Crippen molar-refractivity contribution in [1.82, 2.24) is 24.5 Å². The maximum absolute atomic E-state index is 5.73. The molecule has 0 bridgehead atoms.